The number of benzene rings is 1. The van der Waals surface area contributed by atoms with Crippen LogP contribution >= 0.6 is 0 Å². The van der Waals surface area contributed by atoms with Gasteiger partial charge in [0.25, 0.3) is 5.79 Å². The Morgan fingerprint density at radius 1 is 1.12 bits per heavy atom. The van der Waals surface area contributed by atoms with Gasteiger partial charge in [-0.25, -0.2) is 0 Å². The molecule has 0 aromatic heterocycles. The van der Waals surface area contributed by atoms with E-state index in [0.29, 0.717) is 5.56 Å². The maximum absolute atomic E-state index is 12.0. The summed E-state index contributed by atoms with van der Waals surface area (Å²) in [6, 6.07) is 8.14. The number of carbonyl (C=O) groups is 2. The molecule has 0 atom stereocenters. The summed E-state index contributed by atoms with van der Waals surface area (Å²) in [7, 11) is 0. The predicted molar refractivity (Wildman–Crippen MR) is 60.2 cm³/mol. The van der Waals surface area contributed by atoms with E-state index in [1.165, 1.54) is 12.2 Å². The SMILES string of the molecule is O=C(C1=CC=CC(=O)C1(O)O)c1ccccc1. The van der Waals surface area contributed by atoms with Crippen LogP contribution in [0.4, 0.5) is 0 Å². The molecule has 17 heavy (non-hydrogen) atoms. The van der Waals surface area contributed by atoms with E-state index in [-0.39, 0.29) is 5.57 Å². The first-order chi connectivity index (χ1) is 8.03. The summed E-state index contributed by atoms with van der Waals surface area (Å²) >= 11 is 0. The maximum atomic E-state index is 12.0. The molecule has 1 aliphatic carbocycles. The zero-order valence-corrected chi connectivity index (χ0v) is 8.83. The van der Waals surface area contributed by atoms with Crippen molar-refractivity contribution in [3.63, 3.8) is 0 Å². The molecule has 4 nitrogen and oxygen atoms in total. The summed E-state index contributed by atoms with van der Waals surface area (Å²) < 4.78 is 0. The minimum atomic E-state index is -2.73. The second kappa shape index (κ2) is 4.08. The van der Waals surface area contributed by atoms with Gasteiger partial charge in [0.05, 0.1) is 5.57 Å². The Kier molecular flexibility index (Phi) is 2.75. The van der Waals surface area contributed by atoms with Gasteiger partial charge in [-0.3, -0.25) is 9.59 Å². The lowest BCUT2D eigenvalue weighted by Gasteiger charge is -2.23. The molecule has 86 valence electrons. The molecule has 4 heteroatoms. The summed E-state index contributed by atoms with van der Waals surface area (Å²) in [6.07, 6.45) is 3.57. The number of hydrogen-bond acceptors (Lipinski definition) is 4. The molecule has 0 radical (unpaired) electrons. The topological polar surface area (TPSA) is 74.6 Å². The Morgan fingerprint density at radius 2 is 1.76 bits per heavy atom. The number of allylic oxidation sites excluding steroid dienone is 2. The van der Waals surface area contributed by atoms with Crippen LogP contribution in [0.1, 0.15) is 10.4 Å². The molecule has 0 unspecified atom stereocenters. The molecular formula is C13H10O4. The van der Waals surface area contributed by atoms with Gasteiger partial charge in [0.2, 0.25) is 5.78 Å². The number of aliphatic hydroxyl groups is 2. The molecule has 2 N–H and O–H groups in total. The van der Waals surface area contributed by atoms with E-state index in [2.05, 4.69) is 0 Å². The third kappa shape index (κ3) is 1.95. The van der Waals surface area contributed by atoms with E-state index in [1.807, 2.05) is 0 Å². The van der Waals surface area contributed by atoms with Gasteiger partial charge in [0.15, 0.2) is 5.78 Å². The highest BCUT2D eigenvalue weighted by Gasteiger charge is 2.41. The molecule has 0 bridgehead atoms. The first-order valence-electron chi connectivity index (χ1n) is 5.01. The largest absolute Gasteiger partial charge is 0.356 e. The molecule has 1 aromatic carbocycles. The van der Waals surface area contributed by atoms with E-state index < -0.39 is 17.4 Å². The molecule has 1 aliphatic rings. The summed E-state index contributed by atoms with van der Waals surface area (Å²) in [6.45, 7) is 0. The van der Waals surface area contributed by atoms with Crippen molar-refractivity contribution in [3.8, 4) is 0 Å². The second-order valence-electron chi connectivity index (χ2n) is 3.67. The predicted octanol–water partition coefficient (Wildman–Crippen LogP) is 0.615. The minimum Gasteiger partial charge on any atom is -0.356 e. The Balaban J connectivity index is 2.42. The van der Waals surface area contributed by atoms with Crippen molar-refractivity contribution in [2.24, 2.45) is 0 Å². The van der Waals surface area contributed by atoms with Crippen LogP contribution in [0.5, 0.6) is 0 Å². The standard InChI is InChI=1S/C13H10O4/c14-11-8-4-7-10(13(11,16)17)12(15)9-5-2-1-3-6-9/h1-8,16-17H. The zero-order chi connectivity index (χ0) is 12.5. The van der Waals surface area contributed by atoms with Crippen molar-refractivity contribution >= 4 is 11.6 Å². The maximum Gasteiger partial charge on any atom is 0.259 e. The minimum absolute atomic E-state index is 0.300. The van der Waals surface area contributed by atoms with Crippen LogP contribution < -0.4 is 0 Å². The number of carbonyl (C=O) groups excluding carboxylic acids is 2. The van der Waals surface area contributed by atoms with Crippen LogP contribution in [-0.4, -0.2) is 27.6 Å². The lowest BCUT2D eigenvalue weighted by atomic mass is 9.90. The average Bonchev–Trinajstić information content (AvgIpc) is 2.33. The van der Waals surface area contributed by atoms with Crippen LogP contribution in [0, 0.1) is 0 Å². The van der Waals surface area contributed by atoms with E-state index in [0.717, 1.165) is 6.08 Å². The van der Waals surface area contributed by atoms with Crippen LogP contribution in [0.15, 0.2) is 54.1 Å². The van der Waals surface area contributed by atoms with Crippen molar-refractivity contribution in [3.05, 3.63) is 59.7 Å². The lowest BCUT2D eigenvalue weighted by molar-refractivity contribution is -0.162. The van der Waals surface area contributed by atoms with E-state index >= 15 is 0 Å². The van der Waals surface area contributed by atoms with Gasteiger partial charge in [-0.15, -0.1) is 0 Å². The Labute approximate surface area is 97.5 Å². The fraction of sp³-hybridized carbons (Fsp3) is 0.0769. The van der Waals surface area contributed by atoms with Crippen LogP contribution in [-0.2, 0) is 4.79 Å². The Bertz CT molecular complexity index is 524. The lowest BCUT2D eigenvalue weighted by Crippen LogP contribution is -2.43. The van der Waals surface area contributed by atoms with Crippen LogP contribution in [0.2, 0.25) is 0 Å². The highest BCUT2D eigenvalue weighted by atomic mass is 16.5. The second-order valence-corrected chi connectivity index (χ2v) is 3.67. The highest BCUT2D eigenvalue weighted by Crippen LogP contribution is 2.23. The van der Waals surface area contributed by atoms with E-state index in [1.54, 1.807) is 30.3 Å². The van der Waals surface area contributed by atoms with Crippen molar-refractivity contribution in [1.82, 2.24) is 0 Å². The van der Waals surface area contributed by atoms with Crippen LogP contribution in [0.3, 0.4) is 0 Å². The molecule has 0 heterocycles. The molecule has 0 saturated heterocycles. The van der Waals surface area contributed by atoms with Crippen molar-refractivity contribution in [2.45, 2.75) is 5.79 Å². The quantitative estimate of drug-likeness (QED) is 0.576. The number of Topliss-reactive ketones (excluding diaryl/α,β-unsaturated/α-hetero) is 1. The van der Waals surface area contributed by atoms with Gasteiger partial charge in [0.1, 0.15) is 0 Å². The van der Waals surface area contributed by atoms with E-state index in [9.17, 15) is 19.8 Å². The fourth-order valence-electron chi connectivity index (χ4n) is 1.58. The summed E-state index contributed by atoms with van der Waals surface area (Å²) in [5, 5.41) is 19.2. The third-order valence-electron chi connectivity index (χ3n) is 2.51. The summed E-state index contributed by atoms with van der Waals surface area (Å²) in [4.78, 5) is 23.3. The van der Waals surface area contributed by atoms with Crippen molar-refractivity contribution < 1.29 is 19.8 Å². The Morgan fingerprint density at radius 3 is 2.41 bits per heavy atom. The highest BCUT2D eigenvalue weighted by molar-refractivity contribution is 6.16. The van der Waals surface area contributed by atoms with Crippen molar-refractivity contribution in [2.75, 3.05) is 0 Å². The van der Waals surface area contributed by atoms with Gasteiger partial charge in [0, 0.05) is 5.56 Å². The normalized spacial score (nSPS) is 17.8. The monoisotopic (exact) mass is 230 g/mol. The molecule has 1 aromatic rings. The number of hydrogen-bond donors (Lipinski definition) is 2. The van der Waals surface area contributed by atoms with Gasteiger partial charge in [-0.1, -0.05) is 36.4 Å². The molecule has 0 fully saturated rings. The van der Waals surface area contributed by atoms with Crippen molar-refractivity contribution in [1.29, 1.82) is 0 Å². The average molecular weight is 230 g/mol. The molecule has 0 spiro atoms. The number of ketones is 2. The third-order valence-corrected chi connectivity index (χ3v) is 2.51. The molecular weight excluding hydrogens is 220 g/mol. The van der Waals surface area contributed by atoms with E-state index in [4.69, 9.17) is 0 Å². The van der Waals surface area contributed by atoms with Crippen LogP contribution in [0.25, 0.3) is 0 Å². The smallest absolute Gasteiger partial charge is 0.259 e. The fourth-order valence-corrected chi connectivity index (χ4v) is 1.58. The molecule has 0 aliphatic heterocycles. The summed E-state index contributed by atoms with van der Waals surface area (Å²) in [5.74, 6) is -4.23. The first kappa shape index (κ1) is 11.4. The zero-order valence-electron chi connectivity index (χ0n) is 8.83. The van der Waals surface area contributed by atoms with Gasteiger partial charge in [-0.2, -0.15) is 0 Å². The van der Waals surface area contributed by atoms with Gasteiger partial charge >= 0.3 is 0 Å². The summed E-state index contributed by atoms with van der Waals surface area (Å²) in [5.41, 5.74) is -0.0366. The first-order valence-corrected chi connectivity index (χ1v) is 5.01. The van der Waals surface area contributed by atoms with Gasteiger partial charge < -0.3 is 10.2 Å². The number of rotatable bonds is 2. The molecule has 0 amide bonds. The van der Waals surface area contributed by atoms with Gasteiger partial charge in [-0.05, 0) is 12.2 Å². The molecule has 2 rings (SSSR count). The molecule has 0 saturated carbocycles. The Hall–Kier alpha value is -2.04.